The summed E-state index contributed by atoms with van der Waals surface area (Å²) in [7, 11) is 1.73. The Labute approximate surface area is 104 Å². The van der Waals surface area contributed by atoms with Crippen LogP contribution in [0.3, 0.4) is 0 Å². The Balaban J connectivity index is 2.49. The van der Waals surface area contributed by atoms with Crippen molar-refractivity contribution >= 4 is 0 Å². The van der Waals surface area contributed by atoms with E-state index in [0.29, 0.717) is 0 Å². The lowest BCUT2D eigenvalue weighted by molar-refractivity contribution is 0.387. The quantitative estimate of drug-likeness (QED) is 0.870. The minimum absolute atomic E-state index is 0.152. The molecule has 0 aliphatic heterocycles. The summed E-state index contributed by atoms with van der Waals surface area (Å²) in [6, 6.07) is 4.49. The normalized spacial score (nSPS) is 18.0. The second kappa shape index (κ2) is 3.74. The van der Waals surface area contributed by atoms with Crippen LogP contribution in [0, 0.1) is 13.8 Å². The standard InChI is InChI=1S/C15H23NO/c1-10-8-12(9-11(2)13(10)17-5)15(6-7-15)14(3,4)16/h8-9H,6-7,16H2,1-5H3. The van der Waals surface area contributed by atoms with Crippen molar-refractivity contribution < 1.29 is 4.74 Å². The maximum Gasteiger partial charge on any atom is 0.124 e. The second-order valence-electron chi connectivity index (χ2n) is 5.95. The van der Waals surface area contributed by atoms with Gasteiger partial charge in [0.15, 0.2) is 0 Å². The van der Waals surface area contributed by atoms with E-state index in [1.807, 2.05) is 0 Å². The maximum atomic E-state index is 6.35. The highest BCUT2D eigenvalue weighted by atomic mass is 16.5. The average molecular weight is 233 g/mol. The minimum Gasteiger partial charge on any atom is -0.496 e. The number of ether oxygens (including phenoxy) is 1. The van der Waals surface area contributed by atoms with Gasteiger partial charge in [-0.1, -0.05) is 12.1 Å². The van der Waals surface area contributed by atoms with Crippen molar-refractivity contribution in [3.63, 3.8) is 0 Å². The summed E-state index contributed by atoms with van der Waals surface area (Å²) < 4.78 is 5.42. The van der Waals surface area contributed by atoms with Crippen LogP contribution in [0.15, 0.2) is 12.1 Å². The largest absolute Gasteiger partial charge is 0.496 e. The molecule has 2 nitrogen and oxygen atoms in total. The van der Waals surface area contributed by atoms with Crippen LogP contribution in [0.1, 0.15) is 43.4 Å². The number of nitrogens with two attached hydrogens (primary N) is 1. The summed E-state index contributed by atoms with van der Waals surface area (Å²) in [5, 5.41) is 0. The van der Waals surface area contributed by atoms with E-state index in [0.717, 1.165) is 5.75 Å². The molecule has 0 radical (unpaired) electrons. The van der Waals surface area contributed by atoms with Gasteiger partial charge in [0.1, 0.15) is 5.75 Å². The topological polar surface area (TPSA) is 35.2 Å². The molecular weight excluding hydrogens is 210 g/mol. The molecule has 2 heteroatoms. The van der Waals surface area contributed by atoms with Crippen LogP contribution in [-0.2, 0) is 5.41 Å². The van der Waals surface area contributed by atoms with Crippen LogP contribution in [0.2, 0.25) is 0 Å². The summed E-state index contributed by atoms with van der Waals surface area (Å²) in [6.45, 7) is 8.48. The summed E-state index contributed by atoms with van der Waals surface area (Å²) >= 11 is 0. The van der Waals surface area contributed by atoms with Gasteiger partial charge in [-0.3, -0.25) is 0 Å². The molecule has 2 N–H and O–H groups in total. The van der Waals surface area contributed by atoms with Crippen LogP contribution in [0.25, 0.3) is 0 Å². The third-order valence-corrected chi connectivity index (χ3v) is 4.20. The van der Waals surface area contributed by atoms with E-state index in [2.05, 4.69) is 39.8 Å². The van der Waals surface area contributed by atoms with Crippen molar-refractivity contribution in [2.45, 2.75) is 51.5 Å². The average Bonchev–Trinajstić information content (AvgIpc) is 2.96. The lowest BCUT2D eigenvalue weighted by atomic mass is 9.78. The minimum atomic E-state index is -0.152. The smallest absolute Gasteiger partial charge is 0.124 e. The zero-order valence-electron chi connectivity index (χ0n) is 11.6. The first-order chi connectivity index (χ1) is 7.82. The van der Waals surface area contributed by atoms with Gasteiger partial charge >= 0.3 is 0 Å². The van der Waals surface area contributed by atoms with Gasteiger partial charge in [-0.05, 0) is 57.2 Å². The van der Waals surface area contributed by atoms with Crippen molar-refractivity contribution in [1.82, 2.24) is 0 Å². The number of hydrogen-bond acceptors (Lipinski definition) is 2. The molecule has 1 aliphatic carbocycles. The third-order valence-electron chi connectivity index (χ3n) is 4.20. The highest BCUT2D eigenvalue weighted by Gasteiger charge is 2.53. The van der Waals surface area contributed by atoms with Gasteiger partial charge in [0, 0.05) is 11.0 Å². The van der Waals surface area contributed by atoms with E-state index in [4.69, 9.17) is 10.5 Å². The first-order valence-electron chi connectivity index (χ1n) is 6.26. The second-order valence-corrected chi connectivity index (χ2v) is 5.95. The number of aryl methyl sites for hydroxylation is 2. The van der Waals surface area contributed by atoms with E-state index in [1.54, 1.807) is 7.11 Å². The van der Waals surface area contributed by atoms with Crippen molar-refractivity contribution in [2.75, 3.05) is 7.11 Å². The van der Waals surface area contributed by atoms with Crippen molar-refractivity contribution in [3.8, 4) is 5.75 Å². The fourth-order valence-electron chi connectivity index (χ4n) is 2.98. The van der Waals surface area contributed by atoms with Gasteiger partial charge in [-0.2, -0.15) is 0 Å². The van der Waals surface area contributed by atoms with Crippen LogP contribution in [-0.4, -0.2) is 12.6 Å². The van der Waals surface area contributed by atoms with E-state index in [-0.39, 0.29) is 11.0 Å². The monoisotopic (exact) mass is 233 g/mol. The Morgan fingerprint density at radius 3 is 1.94 bits per heavy atom. The van der Waals surface area contributed by atoms with Crippen molar-refractivity contribution in [1.29, 1.82) is 0 Å². The molecule has 0 spiro atoms. The van der Waals surface area contributed by atoms with Crippen molar-refractivity contribution in [2.24, 2.45) is 5.73 Å². The zero-order chi connectivity index (χ0) is 12.8. The molecule has 1 fully saturated rings. The molecule has 0 aromatic heterocycles. The molecule has 1 saturated carbocycles. The fraction of sp³-hybridized carbons (Fsp3) is 0.600. The van der Waals surface area contributed by atoms with Crippen LogP contribution in [0.4, 0.5) is 0 Å². The van der Waals surface area contributed by atoms with Crippen LogP contribution >= 0.6 is 0 Å². The molecule has 0 amide bonds. The van der Waals surface area contributed by atoms with E-state index >= 15 is 0 Å². The summed E-state index contributed by atoms with van der Waals surface area (Å²) in [4.78, 5) is 0. The Morgan fingerprint density at radius 2 is 1.65 bits per heavy atom. The highest BCUT2D eigenvalue weighted by molar-refractivity contribution is 5.48. The first kappa shape index (κ1) is 12.4. The van der Waals surface area contributed by atoms with Crippen LogP contribution in [0.5, 0.6) is 5.75 Å². The Morgan fingerprint density at radius 1 is 1.18 bits per heavy atom. The van der Waals surface area contributed by atoms with Gasteiger partial charge < -0.3 is 10.5 Å². The lowest BCUT2D eigenvalue weighted by Gasteiger charge is -2.32. The molecule has 0 unspecified atom stereocenters. The summed E-state index contributed by atoms with van der Waals surface area (Å²) in [5.41, 5.74) is 10.2. The molecular formula is C15H23NO. The molecule has 17 heavy (non-hydrogen) atoms. The molecule has 0 saturated heterocycles. The number of benzene rings is 1. The van der Waals surface area contributed by atoms with Gasteiger partial charge in [-0.15, -0.1) is 0 Å². The Kier molecular flexibility index (Phi) is 2.74. The molecule has 0 atom stereocenters. The molecule has 2 rings (SSSR count). The predicted molar refractivity (Wildman–Crippen MR) is 71.6 cm³/mol. The molecule has 0 bridgehead atoms. The maximum absolute atomic E-state index is 6.35. The molecule has 1 aromatic rings. The van der Waals surface area contributed by atoms with Crippen LogP contribution < -0.4 is 10.5 Å². The van der Waals surface area contributed by atoms with Gasteiger partial charge in [0.25, 0.3) is 0 Å². The number of hydrogen-bond donors (Lipinski definition) is 1. The van der Waals surface area contributed by atoms with E-state index in [9.17, 15) is 0 Å². The third kappa shape index (κ3) is 1.85. The molecule has 1 aromatic carbocycles. The summed E-state index contributed by atoms with van der Waals surface area (Å²) in [5.74, 6) is 0.999. The van der Waals surface area contributed by atoms with Crippen molar-refractivity contribution in [3.05, 3.63) is 28.8 Å². The molecule has 1 aliphatic rings. The molecule has 0 heterocycles. The first-order valence-corrected chi connectivity index (χ1v) is 6.26. The zero-order valence-corrected chi connectivity index (χ0v) is 11.6. The summed E-state index contributed by atoms with van der Waals surface area (Å²) in [6.07, 6.45) is 2.39. The van der Waals surface area contributed by atoms with Gasteiger partial charge in [0.2, 0.25) is 0 Å². The highest BCUT2D eigenvalue weighted by Crippen LogP contribution is 2.55. The SMILES string of the molecule is COc1c(C)cc(C2(C(C)(C)N)CC2)cc1C. The predicted octanol–water partition coefficient (Wildman–Crippen LogP) is 3.08. The Bertz CT molecular complexity index is 416. The van der Waals surface area contributed by atoms with E-state index < -0.39 is 0 Å². The van der Waals surface area contributed by atoms with Gasteiger partial charge in [-0.25, -0.2) is 0 Å². The van der Waals surface area contributed by atoms with E-state index in [1.165, 1.54) is 29.5 Å². The fourth-order valence-corrected chi connectivity index (χ4v) is 2.98. The Hall–Kier alpha value is -1.02. The molecule has 94 valence electrons. The lowest BCUT2D eigenvalue weighted by Crippen LogP contribution is -2.45. The van der Waals surface area contributed by atoms with Gasteiger partial charge in [0.05, 0.1) is 7.11 Å². The number of methoxy groups -OCH3 is 1. The number of rotatable bonds is 3.